The topological polar surface area (TPSA) is 92.6 Å². The Balaban J connectivity index is 2.17. The van der Waals surface area contributed by atoms with Gasteiger partial charge in [-0.25, -0.2) is 0 Å². The minimum atomic E-state index is -0.789. The highest BCUT2D eigenvalue weighted by Gasteiger charge is 2.35. The van der Waals surface area contributed by atoms with Gasteiger partial charge in [0.25, 0.3) is 5.91 Å². The summed E-state index contributed by atoms with van der Waals surface area (Å²) in [5, 5.41) is 12.8. The van der Waals surface area contributed by atoms with Gasteiger partial charge in [0.1, 0.15) is 5.75 Å². The number of hydrazone groups is 1. The predicted molar refractivity (Wildman–Crippen MR) is 78.0 cm³/mol. The fourth-order valence-corrected chi connectivity index (χ4v) is 1.77. The van der Waals surface area contributed by atoms with Gasteiger partial charge in [-0.3, -0.25) is 4.79 Å². The van der Waals surface area contributed by atoms with Gasteiger partial charge in [0, 0.05) is 6.07 Å². The van der Waals surface area contributed by atoms with E-state index in [1.54, 1.807) is 38.3 Å². The molecule has 7 nitrogen and oxygen atoms in total. The van der Waals surface area contributed by atoms with Gasteiger partial charge in [0.15, 0.2) is 11.2 Å². The first-order valence-corrected chi connectivity index (χ1v) is 6.17. The van der Waals surface area contributed by atoms with Gasteiger partial charge in [-0.05, 0) is 31.3 Å². The molecule has 1 aliphatic heterocycles. The molecule has 0 unspecified atom stereocenters. The lowest BCUT2D eigenvalue weighted by Gasteiger charge is -2.08. The highest BCUT2D eigenvalue weighted by Crippen LogP contribution is 2.21. The predicted octanol–water partition coefficient (Wildman–Crippen LogP) is 1.61. The molecule has 0 aromatic heterocycles. The lowest BCUT2D eigenvalue weighted by atomic mass is 10.2. The van der Waals surface area contributed by atoms with Gasteiger partial charge < -0.3 is 10.5 Å². The van der Waals surface area contributed by atoms with Crippen LogP contribution in [0.1, 0.15) is 6.92 Å². The Morgan fingerprint density at radius 1 is 1.55 bits per heavy atom. The minimum absolute atomic E-state index is 0.103. The van der Waals surface area contributed by atoms with Crippen LogP contribution in [-0.4, -0.2) is 34.9 Å². The van der Waals surface area contributed by atoms with Crippen molar-refractivity contribution in [3.8, 4) is 5.75 Å². The molecule has 104 valence electrons. The van der Waals surface area contributed by atoms with Gasteiger partial charge in [0.2, 0.25) is 0 Å². The summed E-state index contributed by atoms with van der Waals surface area (Å²) in [7, 11) is 1.56. The molecular weight excluding hydrogens is 278 g/mol. The molecule has 1 aromatic carbocycles. The van der Waals surface area contributed by atoms with E-state index in [9.17, 15) is 4.79 Å². The third-order valence-electron chi connectivity index (χ3n) is 2.65. The molecule has 8 heteroatoms. The number of carbonyl (C=O) groups is 1. The lowest BCUT2D eigenvalue weighted by Crippen LogP contribution is -2.37. The summed E-state index contributed by atoms with van der Waals surface area (Å²) in [6.07, 6.45) is 0. The molecule has 2 rings (SSSR count). The number of hydrogen-bond acceptors (Lipinski definition) is 6. The molecule has 20 heavy (non-hydrogen) atoms. The van der Waals surface area contributed by atoms with E-state index in [0.29, 0.717) is 17.1 Å². The van der Waals surface area contributed by atoms with Crippen molar-refractivity contribution in [2.75, 3.05) is 7.11 Å². The summed E-state index contributed by atoms with van der Waals surface area (Å²) >= 11 is 4.74. The smallest absolute Gasteiger partial charge is 0.282 e. The van der Waals surface area contributed by atoms with Crippen molar-refractivity contribution in [2.24, 2.45) is 21.1 Å². The molecular formula is C12H13N5O2S. The molecule has 0 aliphatic carbocycles. The van der Waals surface area contributed by atoms with Crippen molar-refractivity contribution in [1.82, 2.24) is 5.01 Å². The number of nitrogens with zero attached hydrogens (tertiary/aromatic N) is 4. The first-order valence-electron chi connectivity index (χ1n) is 5.76. The second-order valence-electron chi connectivity index (χ2n) is 4.05. The Morgan fingerprint density at radius 3 is 2.90 bits per heavy atom. The Morgan fingerprint density at radius 2 is 2.30 bits per heavy atom. The monoisotopic (exact) mass is 291 g/mol. The fraction of sp³-hybridized carbons (Fsp3) is 0.250. The zero-order chi connectivity index (χ0) is 14.7. The summed E-state index contributed by atoms with van der Waals surface area (Å²) in [4.78, 5) is 12.0. The van der Waals surface area contributed by atoms with Gasteiger partial charge in [-0.1, -0.05) is 6.07 Å². The highest BCUT2D eigenvalue weighted by molar-refractivity contribution is 7.80. The standard InChI is InChI=1S/C12H13N5O2S/c1-7-10(11(18)17(16-7)12(13)20)15-14-8-4-3-5-9(6-8)19-2/h3-6,10H,1-2H3,(H2,13,20)/t10-/m1/s1. The lowest BCUT2D eigenvalue weighted by molar-refractivity contribution is -0.126. The molecule has 0 bridgehead atoms. The van der Waals surface area contributed by atoms with Gasteiger partial charge in [0.05, 0.1) is 18.5 Å². The SMILES string of the molecule is COc1cccc(N=N[C@H]2C(=O)N(C(N)=S)N=C2C)c1. The molecule has 0 saturated heterocycles. The molecule has 0 radical (unpaired) electrons. The minimum Gasteiger partial charge on any atom is -0.497 e. The molecule has 2 N–H and O–H groups in total. The number of azo groups is 1. The van der Waals surface area contributed by atoms with E-state index >= 15 is 0 Å². The second-order valence-corrected chi connectivity index (χ2v) is 4.47. The van der Waals surface area contributed by atoms with E-state index in [2.05, 4.69) is 15.3 Å². The largest absolute Gasteiger partial charge is 0.497 e. The quantitative estimate of drug-likeness (QED) is 0.676. The average Bonchev–Trinajstić information content (AvgIpc) is 2.72. The van der Waals surface area contributed by atoms with E-state index in [1.807, 2.05) is 0 Å². The number of carbonyl (C=O) groups excluding carboxylic acids is 1. The number of rotatable bonds is 3. The highest BCUT2D eigenvalue weighted by atomic mass is 32.1. The summed E-state index contributed by atoms with van der Waals surface area (Å²) in [5.74, 6) is 0.260. The number of amides is 1. The number of hydrogen-bond donors (Lipinski definition) is 1. The molecule has 1 aliphatic rings. The van der Waals surface area contributed by atoms with Crippen LogP contribution in [0, 0.1) is 0 Å². The Labute approximate surface area is 121 Å². The van der Waals surface area contributed by atoms with Gasteiger partial charge in [-0.2, -0.15) is 20.3 Å². The molecule has 0 fully saturated rings. The molecule has 1 heterocycles. The van der Waals surface area contributed by atoms with Crippen molar-refractivity contribution in [3.63, 3.8) is 0 Å². The number of thiocarbonyl (C=S) groups is 1. The van der Waals surface area contributed by atoms with E-state index < -0.39 is 11.9 Å². The molecule has 1 amide bonds. The average molecular weight is 291 g/mol. The van der Waals surface area contributed by atoms with Crippen LogP contribution in [0.2, 0.25) is 0 Å². The van der Waals surface area contributed by atoms with E-state index in [0.717, 1.165) is 5.01 Å². The van der Waals surface area contributed by atoms with E-state index in [1.165, 1.54) is 0 Å². The Kier molecular flexibility index (Phi) is 4.04. The first kappa shape index (κ1) is 14.1. The van der Waals surface area contributed by atoms with Crippen LogP contribution >= 0.6 is 12.2 Å². The van der Waals surface area contributed by atoms with Crippen LogP contribution in [0.15, 0.2) is 39.6 Å². The van der Waals surface area contributed by atoms with Crippen molar-refractivity contribution in [3.05, 3.63) is 24.3 Å². The van der Waals surface area contributed by atoms with E-state index in [4.69, 9.17) is 22.7 Å². The van der Waals surface area contributed by atoms with Crippen LogP contribution in [0.4, 0.5) is 5.69 Å². The van der Waals surface area contributed by atoms with Crippen LogP contribution in [0.5, 0.6) is 5.75 Å². The van der Waals surface area contributed by atoms with Crippen molar-refractivity contribution < 1.29 is 9.53 Å². The van der Waals surface area contributed by atoms with Crippen LogP contribution in [0.3, 0.4) is 0 Å². The molecule has 0 saturated carbocycles. The summed E-state index contributed by atoms with van der Waals surface area (Å²) < 4.78 is 5.08. The van der Waals surface area contributed by atoms with Crippen LogP contribution < -0.4 is 10.5 Å². The third kappa shape index (κ3) is 2.80. The number of ether oxygens (including phenoxy) is 1. The third-order valence-corrected chi connectivity index (χ3v) is 2.82. The molecule has 1 aromatic rings. The second kappa shape index (κ2) is 5.74. The van der Waals surface area contributed by atoms with Crippen molar-refractivity contribution in [2.45, 2.75) is 13.0 Å². The molecule has 1 atom stereocenters. The van der Waals surface area contributed by atoms with Gasteiger partial charge >= 0.3 is 0 Å². The number of benzene rings is 1. The number of nitrogens with two attached hydrogens (primary N) is 1. The summed E-state index contributed by atoms with van der Waals surface area (Å²) in [6, 6.07) is 6.25. The van der Waals surface area contributed by atoms with Crippen LogP contribution in [0.25, 0.3) is 0 Å². The van der Waals surface area contributed by atoms with Crippen molar-refractivity contribution in [1.29, 1.82) is 0 Å². The maximum absolute atomic E-state index is 12.0. The Hall–Kier alpha value is -2.35. The summed E-state index contributed by atoms with van der Waals surface area (Å²) in [5.41, 5.74) is 6.48. The zero-order valence-electron chi connectivity index (χ0n) is 11.0. The van der Waals surface area contributed by atoms with Crippen molar-refractivity contribution >= 4 is 34.6 Å². The maximum Gasteiger partial charge on any atom is 0.282 e. The van der Waals surface area contributed by atoms with Gasteiger partial charge in [-0.15, -0.1) is 0 Å². The number of methoxy groups -OCH3 is 1. The molecule has 0 spiro atoms. The van der Waals surface area contributed by atoms with Crippen LogP contribution in [-0.2, 0) is 4.79 Å². The first-order chi connectivity index (χ1) is 9.52. The summed E-state index contributed by atoms with van der Waals surface area (Å²) in [6.45, 7) is 1.67. The zero-order valence-corrected chi connectivity index (χ0v) is 11.8. The normalized spacial score (nSPS) is 18.5. The fourth-order valence-electron chi connectivity index (χ4n) is 1.64. The Bertz CT molecular complexity index is 614. The van der Waals surface area contributed by atoms with E-state index in [-0.39, 0.29) is 5.11 Å². The maximum atomic E-state index is 12.0.